The van der Waals surface area contributed by atoms with Gasteiger partial charge in [-0.3, -0.25) is 38.4 Å². The lowest BCUT2D eigenvalue weighted by Gasteiger charge is -2.47. The fraction of sp³-hybridized carbons (Fsp3) is 0.800. The van der Waals surface area contributed by atoms with Gasteiger partial charge in [-0.2, -0.15) is 0 Å². The summed E-state index contributed by atoms with van der Waals surface area (Å²) in [7, 11) is 0. The Balaban J connectivity index is 3.04. The van der Waals surface area contributed by atoms with E-state index in [1.165, 1.54) is 83.1 Å². The van der Waals surface area contributed by atoms with Crippen molar-refractivity contribution < 1.29 is 90.5 Å². The molecule has 2 rings (SSSR count). The molecule has 0 aliphatic carbocycles. The van der Waals surface area contributed by atoms with Crippen molar-refractivity contribution in [2.75, 3.05) is 19.8 Å². The first-order valence-corrected chi connectivity index (χ1v) is 19.8. The average molecular weight is 847 g/mol. The van der Waals surface area contributed by atoms with Crippen LogP contribution in [-0.4, -0.2) is 122 Å². The van der Waals surface area contributed by atoms with Gasteiger partial charge in [-0.15, -0.1) is 0 Å². The average Bonchev–Trinajstić information content (AvgIpc) is 3.40. The highest BCUT2D eigenvalue weighted by Crippen LogP contribution is 2.42. The molecule has 0 aromatic rings. The second kappa shape index (κ2) is 22.3. The van der Waals surface area contributed by atoms with Crippen molar-refractivity contribution in [1.82, 2.24) is 0 Å². The number of ether oxygens (including phenoxy) is 11. The minimum Gasteiger partial charge on any atom is -0.463 e. The van der Waals surface area contributed by atoms with Crippen molar-refractivity contribution in [2.24, 2.45) is 35.5 Å². The summed E-state index contributed by atoms with van der Waals surface area (Å²) < 4.78 is 64.9. The normalized spacial score (nSPS) is 26.8. The highest BCUT2D eigenvalue weighted by molar-refractivity contribution is 5.75. The lowest BCUT2D eigenvalue weighted by atomic mass is 9.97. The highest BCUT2D eigenvalue weighted by Gasteiger charge is 2.65. The zero-order valence-corrected chi connectivity index (χ0v) is 36.5. The first-order chi connectivity index (χ1) is 27.3. The summed E-state index contributed by atoms with van der Waals surface area (Å²) in [6.07, 6.45) is -13.5. The first kappa shape index (κ1) is 50.8. The van der Waals surface area contributed by atoms with E-state index in [9.17, 15) is 38.4 Å². The van der Waals surface area contributed by atoms with Crippen LogP contribution in [0.4, 0.5) is 0 Å². The molecule has 0 aromatic carbocycles. The molecule has 0 bridgehead atoms. The van der Waals surface area contributed by atoms with Crippen LogP contribution in [0.25, 0.3) is 0 Å². The summed E-state index contributed by atoms with van der Waals surface area (Å²) in [5.74, 6) is -13.5. The minimum atomic E-state index is -2.55. The topological polar surface area (TPSA) is 238 Å². The van der Waals surface area contributed by atoms with Gasteiger partial charge in [0.2, 0.25) is 12.1 Å². The minimum absolute atomic E-state index is 0.599. The predicted molar refractivity (Wildman–Crippen MR) is 200 cm³/mol. The van der Waals surface area contributed by atoms with Crippen molar-refractivity contribution >= 4 is 47.8 Å². The molecule has 59 heavy (non-hydrogen) atoms. The molecule has 2 heterocycles. The largest absolute Gasteiger partial charge is 0.463 e. The Bertz CT molecular complexity index is 1500. The Labute approximate surface area is 345 Å². The van der Waals surface area contributed by atoms with Gasteiger partial charge in [-0.05, 0) is 0 Å². The number of carbonyl (C=O) groups is 8. The van der Waals surface area contributed by atoms with E-state index in [-0.39, 0.29) is 0 Å². The molecule has 0 radical (unpaired) electrons. The van der Waals surface area contributed by atoms with Gasteiger partial charge >= 0.3 is 47.8 Å². The molecule has 9 atom stereocenters. The van der Waals surface area contributed by atoms with Crippen molar-refractivity contribution in [1.29, 1.82) is 0 Å². The van der Waals surface area contributed by atoms with Crippen LogP contribution >= 0.6 is 0 Å². The smallest absolute Gasteiger partial charge is 0.308 e. The van der Waals surface area contributed by atoms with Crippen LogP contribution in [0.1, 0.15) is 96.9 Å². The Hall–Kier alpha value is -4.36. The van der Waals surface area contributed by atoms with Crippen LogP contribution in [0, 0.1) is 35.5 Å². The summed E-state index contributed by atoms with van der Waals surface area (Å²) in [6.45, 7) is 18.4. The number of esters is 8. The third-order valence-electron chi connectivity index (χ3n) is 8.75. The fourth-order valence-electron chi connectivity index (χ4n) is 5.29. The van der Waals surface area contributed by atoms with Crippen LogP contribution in [0.2, 0.25) is 0 Å². The molecule has 19 nitrogen and oxygen atoms in total. The Morgan fingerprint density at radius 2 is 0.831 bits per heavy atom. The second-order valence-corrected chi connectivity index (χ2v) is 16.2. The fourth-order valence-corrected chi connectivity index (χ4v) is 5.29. The third kappa shape index (κ3) is 14.4. The maximum absolute atomic E-state index is 13.5. The van der Waals surface area contributed by atoms with E-state index in [0.717, 1.165) is 13.8 Å². The summed E-state index contributed by atoms with van der Waals surface area (Å²) in [4.78, 5) is 104. The SMILES string of the molecule is CC(=O)OCC1OC(O[C@]2(COC(=O)C(C)C)OC(COC(C)=O)C(OC(=O)C(C)C)C2OC(=O)C(C)C)C(OC(=O)C(C)C)C(OC(=O)C(C)C)C1OC(=O)C(C)C. The van der Waals surface area contributed by atoms with E-state index in [4.69, 9.17) is 52.1 Å². The summed E-state index contributed by atoms with van der Waals surface area (Å²) in [5, 5.41) is 0. The second-order valence-electron chi connectivity index (χ2n) is 16.2. The molecule has 2 fully saturated rings. The van der Waals surface area contributed by atoms with Crippen LogP contribution in [0.5, 0.6) is 0 Å². The summed E-state index contributed by atoms with van der Waals surface area (Å²) in [6, 6.07) is 0. The molecule has 0 saturated carbocycles. The number of hydrogen-bond donors (Lipinski definition) is 0. The first-order valence-electron chi connectivity index (χ1n) is 19.8. The van der Waals surface area contributed by atoms with Gasteiger partial charge in [-0.1, -0.05) is 83.1 Å². The van der Waals surface area contributed by atoms with E-state index < -0.39 is 158 Å². The van der Waals surface area contributed by atoms with Crippen molar-refractivity contribution in [2.45, 2.75) is 152 Å². The van der Waals surface area contributed by atoms with Crippen molar-refractivity contribution in [3.05, 3.63) is 0 Å². The van der Waals surface area contributed by atoms with E-state index in [2.05, 4.69) is 0 Å². The summed E-state index contributed by atoms with van der Waals surface area (Å²) in [5.41, 5.74) is 0. The number of rotatable bonds is 19. The maximum atomic E-state index is 13.5. The van der Waals surface area contributed by atoms with E-state index >= 15 is 0 Å². The molecule has 19 heteroatoms. The Kier molecular flexibility index (Phi) is 19.2. The predicted octanol–water partition coefficient (Wildman–Crippen LogP) is 2.99. The third-order valence-corrected chi connectivity index (χ3v) is 8.75. The molecule has 2 aliphatic heterocycles. The lowest BCUT2D eigenvalue weighted by Crippen LogP contribution is -2.66. The van der Waals surface area contributed by atoms with Crippen molar-refractivity contribution in [3.63, 3.8) is 0 Å². The maximum Gasteiger partial charge on any atom is 0.308 e. The Morgan fingerprint density at radius 1 is 0.458 bits per heavy atom. The van der Waals surface area contributed by atoms with Crippen LogP contribution in [0.3, 0.4) is 0 Å². The van der Waals surface area contributed by atoms with Crippen LogP contribution in [0.15, 0.2) is 0 Å². The van der Waals surface area contributed by atoms with Crippen molar-refractivity contribution in [3.8, 4) is 0 Å². The van der Waals surface area contributed by atoms with E-state index in [0.29, 0.717) is 0 Å². The zero-order chi connectivity index (χ0) is 45.1. The Morgan fingerprint density at radius 3 is 1.25 bits per heavy atom. The molecule has 0 aromatic heterocycles. The molecular weight excluding hydrogens is 784 g/mol. The molecule has 0 spiro atoms. The molecule has 0 N–H and O–H groups in total. The van der Waals surface area contributed by atoms with E-state index in [1.807, 2.05) is 0 Å². The lowest BCUT2D eigenvalue weighted by molar-refractivity contribution is -0.385. The monoisotopic (exact) mass is 846 g/mol. The van der Waals surface area contributed by atoms with Gasteiger partial charge in [0, 0.05) is 13.8 Å². The number of hydrogen-bond acceptors (Lipinski definition) is 19. The molecule has 2 saturated heterocycles. The summed E-state index contributed by atoms with van der Waals surface area (Å²) >= 11 is 0. The molecule has 336 valence electrons. The van der Waals surface area contributed by atoms with Gasteiger partial charge in [-0.25, -0.2) is 0 Å². The standard InChI is InChI=1S/C40H62O19/c1-18(2)33(43)51-17-40(32(57-38(48)23(11)12)29(54-35(45)20(5)6)27(58-40)16-50-25(14)42)59-39-31(56-37(47)22(9)10)30(55-36(46)21(7)8)28(53-34(44)19(3)4)26(52-39)15-49-24(13)41/h18-23,26-32,39H,15-17H2,1-14H3/t26?,27?,28?,29?,30?,31?,32?,39?,40-/m0/s1. The number of carbonyl (C=O) groups excluding carboxylic acids is 8. The van der Waals surface area contributed by atoms with Gasteiger partial charge in [0.05, 0.1) is 35.5 Å². The van der Waals surface area contributed by atoms with Gasteiger partial charge in [0.1, 0.15) is 32.0 Å². The van der Waals surface area contributed by atoms with E-state index in [1.54, 1.807) is 0 Å². The van der Waals surface area contributed by atoms with Gasteiger partial charge in [0.15, 0.2) is 30.5 Å². The van der Waals surface area contributed by atoms with Gasteiger partial charge < -0.3 is 52.1 Å². The quantitative estimate of drug-likeness (QED) is 0.134. The molecule has 2 aliphatic rings. The molecule has 0 amide bonds. The molecule has 8 unspecified atom stereocenters. The zero-order valence-electron chi connectivity index (χ0n) is 36.5. The molecular formula is C40H62O19. The van der Waals surface area contributed by atoms with Crippen LogP contribution < -0.4 is 0 Å². The highest BCUT2D eigenvalue weighted by atomic mass is 16.8. The van der Waals surface area contributed by atoms with Gasteiger partial charge in [0.25, 0.3) is 0 Å². The van der Waals surface area contributed by atoms with Crippen LogP contribution in [-0.2, 0) is 90.5 Å².